The molecule has 0 aromatic carbocycles. The zero-order valence-electron chi connectivity index (χ0n) is 12.3. The van der Waals surface area contributed by atoms with Gasteiger partial charge in [-0.2, -0.15) is 0 Å². The number of aromatic amines is 1. The van der Waals surface area contributed by atoms with Gasteiger partial charge in [-0.1, -0.05) is 59.5 Å². The number of unbranched alkanes of at least 4 members (excludes halogenated alkanes) is 3. The van der Waals surface area contributed by atoms with Gasteiger partial charge in [-0.3, -0.25) is 0 Å². The molecule has 1 rings (SSSR count). The van der Waals surface area contributed by atoms with Gasteiger partial charge < -0.3 is 4.98 Å². The van der Waals surface area contributed by atoms with E-state index in [1.165, 1.54) is 50.6 Å². The summed E-state index contributed by atoms with van der Waals surface area (Å²) in [5.41, 5.74) is 1.43. The molecule has 18 heavy (non-hydrogen) atoms. The lowest BCUT2D eigenvalue weighted by molar-refractivity contribution is 0.368. The van der Waals surface area contributed by atoms with Gasteiger partial charge in [0.25, 0.3) is 0 Å². The van der Waals surface area contributed by atoms with Gasteiger partial charge >= 0.3 is 0 Å². The standard InChI is InChI=1S/C16H28N2/c1-5-8-9-10-12-16(4,11-6-2)14-13-17-15(7-3)18-14/h7,13H,3,5-6,8-12H2,1-2,4H3,(H,17,18). The van der Waals surface area contributed by atoms with E-state index in [0.717, 1.165) is 5.82 Å². The van der Waals surface area contributed by atoms with Crippen molar-refractivity contribution in [2.24, 2.45) is 0 Å². The molecule has 1 aromatic rings. The van der Waals surface area contributed by atoms with Crippen LogP contribution in [0.25, 0.3) is 6.08 Å². The maximum absolute atomic E-state index is 4.64. The van der Waals surface area contributed by atoms with Crippen molar-refractivity contribution in [3.05, 3.63) is 24.3 Å². The quantitative estimate of drug-likeness (QED) is 0.606. The lowest BCUT2D eigenvalue weighted by Crippen LogP contribution is -2.22. The molecule has 0 saturated heterocycles. The average Bonchev–Trinajstić information content (AvgIpc) is 2.84. The number of nitrogens with zero attached hydrogens (tertiary/aromatic N) is 1. The Morgan fingerprint density at radius 2 is 2.00 bits per heavy atom. The van der Waals surface area contributed by atoms with E-state index in [-0.39, 0.29) is 5.41 Å². The monoisotopic (exact) mass is 248 g/mol. The van der Waals surface area contributed by atoms with E-state index >= 15 is 0 Å². The van der Waals surface area contributed by atoms with Crippen molar-refractivity contribution < 1.29 is 0 Å². The smallest absolute Gasteiger partial charge is 0.129 e. The predicted molar refractivity (Wildman–Crippen MR) is 79.7 cm³/mol. The van der Waals surface area contributed by atoms with E-state index < -0.39 is 0 Å². The topological polar surface area (TPSA) is 28.7 Å². The Morgan fingerprint density at radius 1 is 1.22 bits per heavy atom. The minimum Gasteiger partial charge on any atom is -0.345 e. The third-order valence-corrected chi connectivity index (χ3v) is 3.79. The number of rotatable bonds is 9. The fourth-order valence-corrected chi connectivity index (χ4v) is 2.63. The second kappa shape index (κ2) is 7.40. The molecule has 0 aliphatic rings. The molecule has 0 aliphatic heterocycles. The van der Waals surface area contributed by atoms with Gasteiger partial charge in [0.05, 0.1) is 5.69 Å². The predicted octanol–water partition coefficient (Wildman–Crippen LogP) is 5.08. The van der Waals surface area contributed by atoms with Gasteiger partial charge in [-0.25, -0.2) is 4.98 Å². The minimum atomic E-state index is 0.222. The fourth-order valence-electron chi connectivity index (χ4n) is 2.63. The van der Waals surface area contributed by atoms with E-state index in [4.69, 9.17) is 0 Å². The average molecular weight is 248 g/mol. The zero-order valence-corrected chi connectivity index (χ0v) is 12.3. The molecular weight excluding hydrogens is 220 g/mol. The van der Waals surface area contributed by atoms with Crippen LogP contribution in [0.5, 0.6) is 0 Å². The Labute approximate surface area is 112 Å². The van der Waals surface area contributed by atoms with E-state index in [2.05, 4.69) is 43.5 Å². The van der Waals surface area contributed by atoms with Gasteiger partial charge in [-0.05, 0) is 18.9 Å². The Balaban J connectivity index is 2.68. The van der Waals surface area contributed by atoms with Crippen molar-refractivity contribution in [1.82, 2.24) is 9.97 Å². The summed E-state index contributed by atoms with van der Waals surface area (Å²) < 4.78 is 0. The summed E-state index contributed by atoms with van der Waals surface area (Å²) >= 11 is 0. The zero-order chi connectivity index (χ0) is 13.4. The molecule has 0 bridgehead atoms. The van der Waals surface area contributed by atoms with Crippen molar-refractivity contribution in [2.75, 3.05) is 0 Å². The third-order valence-electron chi connectivity index (χ3n) is 3.79. The van der Waals surface area contributed by atoms with Crippen molar-refractivity contribution in [2.45, 2.75) is 71.1 Å². The Morgan fingerprint density at radius 3 is 2.56 bits per heavy atom. The van der Waals surface area contributed by atoms with Crippen LogP contribution in [0.15, 0.2) is 12.8 Å². The van der Waals surface area contributed by atoms with Crippen LogP contribution in [0, 0.1) is 0 Å². The molecule has 0 spiro atoms. The number of hydrogen-bond acceptors (Lipinski definition) is 1. The lowest BCUT2D eigenvalue weighted by atomic mass is 9.78. The molecule has 0 saturated carbocycles. The van der Waals surface area contributed by atoms with Crippen molar-refractivity contribution in [3.63, 3.8) is 0 Å². The number of nitrogens with one attached hydrogen (secondary N) is 1. The third kappa shape index (κ3) is 4.01. The van der Waals surface area contributed by atoms with Crippen molar-refractivity contribution >= 4 is 6.08 Å². The molecular formula is C16H28N2. The molecule has 0 radical (unpaired) electrons. The van der Waals surface area contributed by atoms with Gasteiger partial charge in [0.1, 0.15) is 5.82 Å². The molecule has 1 aromatic heterocycles. The van der Waals surface area contributed by atoms with Crippen molar-refractivity contribution in [1.29, 1.82) is 0 Å². The summed E-state index contributed by atoms with van der Waals surface area (Å²) in [6, 6.07) is 0. The highest BCUT2D eigenvalue weighted by Crippen LogP contribution is 2.33. The van der Waals surface area contributed by atoms with Gasteiger partial charge in [0, 0.05) is 11.6 Å². The molecule has 1 heterocycles. The molecule has 1 unspecified atom stereocenters. The number of H-pyrrole nitrogens is 1. The van der Waals surface area contributed by atoms with Crippen LogP contribution in [-0.4, -0.2) is 9.97 Å². The van der Waals surface area contributed by atoms with Crippen LogP contribution in [-0.2, 0) is 5.41 Å². The van der Waals surface area contributed by atoms with Crippen LogP contribution in [0.1, 0.15) is 77.2 Å². The summed E-state index contributed by atoms with van der Waals surface area (Å²) in [6.07, 6.45) is 12.8. The maximum atomic E-state index is 4.64. The molecule has 0 amide bonds. The summed E-state index contributed by atoms with van der Waals surface area (Å²) in [5, 5.41) is 0. The van der Waals surface area contributed by atoms with Crippen molar-refractivity contribution in [3.8, 4) is 0 Å². The largest absolute Gasteiger partial charge is 0.345 e. The van der Waals surface area contributed by atoms with Crippen LogP contribution < -0.4 is 0 Å². The molecule has 0 aliphatic carbocycles. The van der Waals surface area contributed by atoms with Crippen LogP contribution in [0.3, 0.4) is 0 Å². The highest BCUT2D eigenvalue weighted by atomic mass is 14.9. The first-order chi connectivity index (χ1) is 8.66. The van der Waals surface area contributed by atoms with Gasteiger partial charge in [0.2, 0.25) is 0 Å². The number of hydrogen-bond donors (Lipinski definition) is 1. The van der Waals surface area contributed by atoms with E-state index in [1.54, 1.807) is 6.08 Å². The molecule has 2 nitrogen and oxygen atoms in total. The molecule has 102 valence electrons. The van der Waals surface area contributed by atoms with Gasteiger partial charge in [0.15, 0.2) is 0 Å². The normalized spacial score (nSPS) is 14.4. The summed E-state index contributed by atoms with van der Waals surface area (Å²) in [7, 11) is 0. The minimum absolute atomic E-state index is 0.222. The van der Waals surface area contributed by atoms with Crippen LogP contribution >= 0.6 is 0 Å². The first kappa shape index (κ1) is 15.0. The van der Waals surface area contributed by atoms with E-state index in [0.29, 0.717) is 0 Å². The molecule has 2 heteroatoms. The Bertz CT molecular complexity index is 354. The molecule has 1 N–H and O–H groups in total. The lowest BCUT2D eigenvalue weighted by Gasteiger charge is -2.27. The summed E-state index contributed by atoms with van der Waals surface area (Å²) in [5.74, 6) is 0.890. The first-order valence-electron chi connectivity index (χ1n) is 7.34. The Hall–Kier alpha value is -1.05. The molecule has 1 atom stereocenters. The maximum Gasteiger partial charge on any atom is 0.129 e. The number of imidazole rings is 1. The van der Waals surface area contributed by atoms with E-state index in [1.807, 2.05) is 0 Å². The highest BCUT2D eigenvalue weighted by molar-refractivity contribution is 5.37. The second-order valence-corrected chi connectivity index (χ2v) is 5.50. The number of aromatic nitrogens is 2. The first-order valence-corrected chi connectivity index (χ1v) is 7.34. The summed E-state index contributed by atoms with van der Waals surface area (Å²) in [6.45, 7) is 10.6. The van der Waals surface area contributed by atoms with Crippen LogP contribution in [0.4, 0.5) is 0 Å². The second-order valence-electron chi connectivity index (χ2n) is 5.50. The van der Waals surface area contributed by atoms with Crippen LogP contribution in [0.2, 0.25) is 0 Å². The van der Waals surface area contributed by atoms with E-state index in [9.17, 15) is 0 Å². The fraction of sp³-hybridized carbons (Fsp3) is 0.688. The highest BCUT2D eigenvalue weighted by Gasteiger charge is 2.27. The Kier molecular flexibility index (Phi) is 6.17. The molecule has 0 fully saturated rings. The van der Waals surface area contributed by atoms with Gasteiger partial charge in [-0.15, -0.1) is 0 Å². The SMILES string of the molecule is C=Cc1nc(C(C)(CCC)CCCCCC)c[nH]1. The summed E-state index contributed by atoms with van der Waals surface area (Å²) in [4.78, 5) is 7.84.